The van der Waals surface area contributed by atoms with Gasteiger partial charge in [0.25, 0.3) is 0 Å². The van der Waals surface area contributed by atoms with Crippen molar-refractivity contribution in [3.8, 4) is 0 Å². The largest absolute Gasteiger partial charge is 0.478 e. The van der Waals surface area contributed by atoms with Crippen molar-refractivity contribution in [1.82, 2.24) is 4.98 Å². The minimum atomic E-state index is -0.984. The SMILES string of the molecule is O=C(O)c1ccc(Cl)nc1SC1COC1. The molecule has 1 aromatic rings. The molecule has 15 heavy (non-hydrogen) atoms. The number of aromatic nitrogens is 1. The second-order valence-electron chi connectivity index (χ2n) is 3.07. The molecular formula is C9H8ClNO3S. The van der Waals surface area contributed by atoms with Crippen molar-refractivity contribution in [3.05, 3.63) is 22.8 Å². The zero-order valence-electron chi connectivity index (χ0n) is 7.64. The molecular weight excluding hydrogens is 238 g/mol. The minimum Gasteiger partial charge on any atom is -0.478 e. The number of aromatic carboxylic acids is 1. The topological polar surface area (TPSA) is 59.4 Å². The summed E-state index contributed by atoms with van der Waals surface area (Å²) in [5, 5.41) is 9.99. The molecule has 0 spiro atoms. The molecule has 2 heterocycles. The highest BCUT2D eigenvalue weighted by atomic mass is 35.5. The molecule has 0 atom stereocenters. The fraction of sp³-hybridized carbons (Fsp3) is 0.333. The average molecular weight is 246 g/mol. The molecule has 1 fully saturated rings. The first kappa shape index (κ1) is 10.7. The summed E-state index contributed by atoms with van der Waals surface area (Å²) in [4.78, 5) is 14.9. The smallest absolute Gasteiger partial charge is 0.338 e. The summed E-state index contributed by atoms with van der Waals surface area (Å²) in [6.07, 6.45) is 0. The summed E-state index contributed by atoms with van der Waals surface area (Å²) in [5.41, 5.74) is 0.191. The van der Waals surface area contributed by atoms with Crippen LogP contribution in [-0.2, 0) is 4.74 Å². The molecule has 0 unspecified atom stereocenters. The highest BCUT2D eigenvalue weighted by Crippen LogP contribution is 2.30. The molecule has 1 saturated heterocycles. The number of carbonyl (C=O) groups is 1. The number of hydrogen-bond acceptors (Lipinski definition) is 4. The summed E-state index contributed by atoms with van der Waals surface area (Å²) in [6, 6.07) is 2.95. The third-order valence-electron chi connectivity index (χ3n) is 1.94. The second kappa shape index (κ2) is 4.38. The molecule has 1 aromatic heterocycles. The zero-order valence-corrected chi connectivity index (χ0v) is 9.22. The van der Waals surface area contributed by atoms with Gasteiger partial charge in [0.2, 0.25) is 0 Å². The van der Waals surface area contributed by atoms with Gasteiger partial charge in [0.15, 0.2) is 0 Å². The first-order valence-corrected chi connectivity index (χ1v) is 5.57. The van der Waals surface area contributed by atoms with Crippen LogP contribution in [0.1, 0.15) is 10.4 Å². The van der Waals surface area contributed by atoms with Crippen LogP contribution in [0, 0.1) is 0 Å². The maximum Gasteiger partial charge on any atom is 0.338 e. The first-order valence-electron chi connectivity index (χ1n) is 4.31. The summed E-state index contributed by atoms with van der Waals surface area (Å²) in [7, 11) is 0. The molecule has 1 N–H and O–H groups in total. The highest BCUT2D eigenvalue weighted by molar-refractivity contribution is 8.00. The predicted octanol–water partition coefficient (Wildman–Crippen LogP) is 1.92. The lowest BCUT2D eigenvalue weighted by Gasteiger charge is -2.25. The molecule has 4 nitrogen and oxygen atoms in total. The predicted molar refractivity (Wildman–Crippen MR) is 56.7 cm³/mol. The Hall–Kier alpha value is -0.780. The van der Waals surface area contributed by atoms with Crippen molar-refractivity contribution in [2.75, 3.05) is 13.2 Å². The molecule has 0 aromatic carbocycles. The van der Waals surface area contributed by atoms with E-state index in [1.54, 1.807) is 0 Å². The summed E-state index contributed by atoms with van der Waals surface area (Å²) in [5.74, 6) is -0.984. The van der Waals surface area contributed by atoms with Crippen molar-refractivity contribution in [2.24, 2.45) is 0 Å². The van der Waals surface area contributed by atoms with Crippen LogP contribution in [-0.4, -0.2) is 34.5 Å². The van der Waals surface area contributed by atoms with Gasteiger partial charge in [-0.05, 0) is 12.1 Å². The number of pyridine rings is 1. The number of carboxylic acid groups (broad SMARTS) is 1. The van der Waals surface area contributed by atoms with Gasteiger partial charge in [-0.15, -0.1) is 0 Å². The Morgan fingerprint density at radius 2 is 2.33 bits per heavy atom. The lowest BCUT2D eigenvalue weighted by molar-refractivity contribution is 0.0454. The van der Waals surface area contributed by atoms with Crippen LogP contribution < -0.4 is 0 Å². The standard InChI is InChI=1S/C9H8ClNO3S/c10-7-2-1-6(9(12)13)8(11-7)15-5-3-14-4-5/h1-2,5H,3-4H2,(H,12,13). The number of nitrogens with zero attached hydrogens (tertiary/aromatic N) is 1. The van der Waals surface area contributed by atoms with Gasteiger partial charge in [0.1, 0.15) is 10.2 Å². The molecule has 1 aliphatic rings. The van der Waals surface area contributed by atoms with Gasteiger partial charge >= 0.3 is 5.97 Å². The molecule has 80 valence electrons. The Balaban J connectivity index is 2.24. The van der Waals surface area contributed by atoms with Crippen molar-refractivity contribution in [2.45, 2.75) is 10.3 Å². The van der Waals surface area contributed by atoms with E-state index in [4.69, 9.17) is 21.4 Å². The molecule has 1 aliphatic heterocycles. The van der Waals surface area contributed by atoms with Gasteiger partial charge in [-0.3, -0.25) is 0 Å². The summed E-state index contributed by atoms with van der Waals surface area (Å²) >= 11 is 7.12. The van der Waals surface area contributed by atoms with Crippen LogP contribution >= 0.6 is 23.4 Å². The molecule has 0 aliphatic carbocycles. The first-order chi connectivity index (χ1) is 7.16. The van der Waals surface area contributed by atoms with Crippen LogP contribution in [0.15, 0.2) is 17.2 Å². The van der Waals surface area contributed by atoms with E-state index in [2.05, 4.69) is 4.98 Å². The van der Waals surface area contributed by atoms with E-state index in [-0.39, 0.29) is 10.8 Å². The quantitative estimate of drug-likeness (QED) is 0.825. The van der Waals surface area contributed by atoms with E-state index in [9.17, 15) is 4.79 Å². The van der Waals surface area contributed by atoms with Gasteiger partial charge < -0.3 is 9.84 Å². The van der Waals surface area contributed by atoms with Crippen molar-refractivity contribution in [1.29, 1.82) is 0 Å². The fourth-order valence-electron chi connectivity index (χ4n) is 1.11. The highest BCUT2D eigenvalue weighted by Gasteiger charge is 2.23. The average Bonchev–Trinajstić information content (AvgIpc) is 2.11. The zero-order chi connectivity index (χ0) is 10.8. The molecule has 0 radical (unpaired) electrons. The maximum absolute atomic E-state index is 10.9. The third-order valence-corrected chi connectivity index (χ3v) is 3.29. The van der Waals surface area contributed by atoms with E-state index in [0.29, 0.717) is 23.4 Å². The van der Waals surface area contributed by atoms with Crippen molar-refractivity contribution >= 4 is 29.3 Å². The molecule has 0 bridgehead atoms. The lowest BCUT2D eigenvalue weighted by atomic mass is 10.3. The number of thioether (sulfide) groups is 1. The molecule has 0 saturated carbocycles. The van der Waals surface area contributed by atoms with Crippen molar-refractivity contribution in [3.63, 3.8) is 0 Å². The Bertz CT molecular complexity index is 395. The summed E-state index contributed by atoms with van der Waals surface area (Å²) < 4.78 is 5.01. The third kappa shape index (κ3) is 2.42. The fourth-order valence-corrected chi connectivity index (χ4v) is 2.39. The van der Waals surface area contributed by atoms with E-state index >= 15 is 0 Å². The number of rotatable bonds is 3. The van der Waals surface area contributed by atoms with Crippen molar-refractivity contribution < 1.29 is 14.6 Å². The molecule has 6 heteroatoms. The molecule has 0 amide bonds. The van der Waals surface area contributed by atoms with Gasteiger partial charge in [-0.25, -0.2) is 9.78 Å². The van der Waals surface area contributed by atoms with Crippen LogP contribution in [0.5, 0.6) is 0 Å². The number of ether oxygens (including phenoxy) is 1. The minimum absolute atomic E-state index is 0.191. The monoisotopic (exact) mass is 245 g/mol. The Morgan fingerprint density at radius 3 is 2.87 bits per heavy atom. The lowest BCUT2D eigenvalue weighted by Crippen LogP contribution is -2.30. The Kier molecular flexibility index (Phi) is 3.14. The van der Waals surface area contributed by atoms with Gasteiger partial charge in [0, 0.05) is 0 Å². The van der Waals surface area contributed by atoms with Crippen LogP contribution in [0.3, 0.4) is 0 Å². The number of hydrogen-bond donors (Lipinski definition) is 1. The van der Waals surface area contributed by atoms with Gasteiger partial charge in [0.05, 0.1) is 24.0 Å². The van der Waals surface area contributed by atoms with E-state index in [0.717, 1.165) is 0 Å². The van der Waals surface area contributed by atoms with E-state index < -0.39 is 5.97 Å². The van der Waals surface area contributed by atoms with Gasteiger partial charge in [-0.1, -0.05) is 23.4 Å². The van der Waals surface area contributed by atoms with Gasteiger partial charge in [-0.2, -0.15) is 0 Å². The van der Waals surface area contributed by atoms with E-state index in [1.807, 2.05) is 0 Å². The normalized spacial score (nSPS) is 16.1. The Labute approximate surface area is 95.6 Å². The number of halogens is 1. The van der Waals surface area contributed by atoms with E-state index in [1.165, 1.54) is 23.9 Å². The van der Waals surface area contributed by atoms with Crippen LogP contribution in [0.2, 0.25) is 5.15 Å². The Morgan fingerprint density at radius 1 is 1.60 bits per heavy atom. The summed E-state index contributed by atoms with van der Waals surface area (Å²) in [6.45, 7) is 1.27. The number of carboxylic acids is 1. The van der Waals surface area contributed by atoms with Crippen LogP contribution in [0.4, 0.5) is 0 Å². The maximum atomic E-state index is 10.9. The van der Waals surface area contributed by atoms with Crippen LogP contribution in [0.25, 0.3) is 0 Å². The molecule has 2 rings (SSSR count). The second-order valence-corrected chi connectivity index (χ2v) is 4.75.